The molecule has 76 valence electrons. The van der Waals surface area contributed by atoms with Crippen molar-refractivity contribution < 1.29 is 4.74 Å². The second-order valence-corrected chi connectivity index (χ2v) is 3.85. The minimum Gasteiger partial charge on any atom is -0.497 e. The molecule has 0 bridgehead atoms. The molecule has 1 heterocycles. The number of hydrogen-bond donors (Lipinski definition) is 1. The van der Waals surface area contributed by atoms with E-state index in [1.165, 1.54) is 24.9 Å². The number of rotatable bonds is 3. The molecule has 0 aliphatic carbocycles. The fourth-order valence-corrected chi connectivity index (χ4v) is 2.01. The van der Waals surface area contributed by atoms with Gasteiger partial charge in [0, 0.05) is 6.04 Å². The van der Waals surface area contributed by atoms with Crippen LogP contribution in [0.25, 0.3) is 0 Å². The zero-order valence-corrected chi connectivity index (χ0v) is 8.62. The summed E-state index contributed by atoms with van der Waals surface area (Å²) in [5, 5.41) is 3.50. The minimum absolute atomic E-state index is 0.669. The fraction of sp³-hybridized carbons (Fsp3) is 0.500. The van der Waals surface area contributed by atoms with Crippen molar-refractivity contribution in [2.24, 2.45) is 0 Å². The second kappa shape index (κ2) is 4.47. The van der Waals surface area contributed by atoms with E-state index in [-0.39, 0.29) is 0 Å². The zero-order valence-electron chi connectivity index (χ0n) is 8.62. The van der Waals surface area contributed by atoms with Crippen LogP contribution in [-0.2, 0) is 6.42 Å². The maximum atomic E-state index is 5.20. The highest BCUT2D eigenvalue weighted by Crippen LogP contribution is 2.16. The van der Waals surface area contributed by atoms with Gasteiger partial charge < -0.3 is 10.1 Å². The van der Waals surface area contributed by atoms with E-state index in [1.807, 2.05) is 6.07 Å². The third-order valence-electron chi connectivity index (χ3n) is 2.78. The molecule has 2 rings (SSSR count). The Morgan fingerprint density at radius 2 is 2.43 bits per heavy atom. The Bertz CT molecular complexity index is 292. The standard InChI is InChI=1S/C12H17NO/c1-14-12-6-2-4-10(9-12)8-11-5-3-7-13-11/h2,4,6,9,11,13H,3,5,7-8H2,1H3/t11-/m0/s1. The highest BCUT2D eigenvalue weighted by atomic mass is 16.5. The maximum absolute atomic E-state index is 5.20. The lowest BCUT2D eigenvalue weighted by Crippen LogP contribution is -2.23. The van der Waals surface area contributed by atoms with E-state index in [9.17, 15) is 0 Å². The van der Waals surface area contributed by atoms with Crippen LogP contribution in [0.5, 0.6) is 5.75 Å². The van der Waals surface area contributed by atoms with Crippen molar-refractivity contribution in [1.29, 1.82) is 0 Å². The van der Waals surface area contributed by atoms with Crippen LogP contribution in [0.2, 0.25) is 0 Å². The van der Waals surface area contributed by atoms with Crippen molar-refractivity contribution in [3.8, 4) is 5.75 Å². The first kappa shape index (κ1) is 9.53. The lowest BCUT2D eigenvalue weighted by molar-refractivity contribution is 0.414. The van der Waals surface area contributed by atoms with E-state index < -0.39 is 0 Å². The second-order valence-electron chi connectivity index (χ2n) is 3.85. The Morgan fingerprint density at radius 1 is 1.50 bits per heavy atom. The topological polar surface area (TPSA) is 21.3 Å². The molecule has 1 aliphatic heterocycles. The van der Waals surface area contributed by atoms with Crippen LogP contribution in [0.15, 0.2) is 24.3 Å². The summed E-state index contributed by atoms with van der Waals surface area (Å²) in [7, 11) is 1.72. The molecule has 0 spiro atoms. The van der Waals surface area contributed by atoms with Crippen LogP contribution < -0.4 is 10.1 Å². The van der Waals surface area contributed by atoms with Crippen molar-refractivity contribution in [2.75, 3.05) is 13.7 Å². The molecule has 0 aromatic heterocycles. The first-order valence-electron chi connectivity index (χ1n) is 5.25. The smallest absolute Gasteiger partial charge is 0.119 e. The normalized spacial score (nSPS) is 21.1. The molecule has 2 nitrogen and oxygen atoms in total. The van der Waals surface area contributed by atoms with Gasteiger partial charge in [0.15, 0.2) is 0 Å². The number of methoxy groups -OCH3 is 1. The predicted molar refractivity (Wildman–Crippen MR) is 57.7 cm³/mol. The molecule has 2 heteroatoms. The molecule has 0 unspecified atom stereocenters. The SMILES string of the molecule is COc1cccc(C[C@@H]2CCCN2)c1. The van der Waals surface area contributed by atoms with Gasteiger partial charge in [-0.3, -0.25) is 0 Å². The van der Waals surface area contributed by atoms with Gasteiger partial charge in [-0.15, -0.1) is 0 Å². The number of ether oxygens (including phenoxy) is 1. The Morgan fingerprint density at radius 3 is 3.14 bits per heavy atom. The van der Waals surface area contributed by atoms with Crippen molar-refractivity contribution in [3.05, 3.63) is 29.8 Å². The molecule has 14 heavy (non-hydrogen) atoms. The van der Waals surface area contributed by atoms with E-state index >= 15 is 0 Å². The van der Waals surface area contributed by atoms with Crippen LogP contribution in [0.4, 0.5) is 0 Å². The van der Waals surface area contributed by atoms with E-state index in [1.54, 1.807) is 7.11 Å². The lowest BCUT2D eigenvalue weighted by Gasteiger charge is -2.10. The largest absolute Gasteiger partial charge is 0.497 e. The molecule has 1 aromatic rings. The molecule has 1 N–H and O–H groups in total. The molecule has 1 atom stereocenters. The Kier molecular flexibility index (Phi) is 3.04. The number of nitrogens with one attached hydrogen (secondary N) is 1. The van der Waals surface area contributed by atoms with Gasteiger partial charge in [0.05, 0.1) is 7.11 Å². The first-order valence-corrected chi connectivity index (χ1v) is 5.25. The summed E-state index contributed by atoms with van der Waals surface area (Å²) in [6.07, 6.45) is 3.74. The van der Waals surface area contributed by atoms with Crippen LogP contribution >= 0.6 is 0 Å². The van der Waals surface area contributed by atoms with E-state index in [0.717, 1.165) is 12.2 Å². The Balaban J connectivity index is 2.00. The van der Waals surface area contributed by atoms with Gasteiger partial charge in [-0.1, -0.05) is 12.1 Å². The molecular formula is C12H17NO. The number of hydrogen-bond acceptors (Lipinski definition) is 2. The molecule has 1 aliphatic rings. The molecule has 0 amide bonds. The maximum Gasteiger partial charge on any atom is 0.119 e. The van der Waals surface area contributed by atoms with Crippen molar-refractivity contribution in [1.82, 2.24) is 5.32 Å². The summed E-state index contributed by atoms with van der Waals surface area (Å²) in [6.45, 7) is 1.18. The van der Waals surface area contributed by atoms with Gasteiger partial charge in [-0.2, -0.15) is 0 Å². The van der Waals surface area contributed by atoms with Crippen LogP contribution in [0.1, 0.15) is 18.4 Å². The summed E-state index contributed by atoms with van der Waals surface area (Å²) in [4.78, 5) is 0. The molecule has 0 saturated carbocycles. The molecule has 0 radical (unpaired) electrons. The fourth-order valence-electron chi connectivity index (χ4n) is 2.01. The van der Waals surface area contributed by atoms with E-state index in [2.05, 4.69) is 23.5 Å². The third-order valence-corrected chi connectivity index (χ3v) is 2.78. The average molecular weight is 191 g/mol. The molecule has 1 fully saturated rings. The lowest BCUT2D eigenvalue weighted by atomic mass is 10.0. The Hall–Kier alpha value is -1.02. The summed E-state index contributed by atoms with van der Waals surface area (Å²) < 4.78 is 5.20. The monoisotopic (exact) mass is 191 g/mol. The Labute approximate surface area is 85.3 Å². The molecule has 1 aromatic carbocycles. The average Bonchev–Trinajstić information content (AvgIpc) is 2.71. The summed E-state index contributed by atoms with van der Waals surface area (Å²) in [5.41, 5.74) is 1.36. The van der Waals surface area contributed by atoms with Gasteiger partial charge in [0.2, 0.25) is 0 Å². The highest BCUT2D eigenvalue weighted by molar-refractivity contribution is 5.29. The van der Waals surface area contributed by atoms with Crippen molar-refractivity contribution in [2.45, 2.75) is 25.3 Å². The molecular weight excluding hydrogens is 174 g/mol. The van der Waals surface area contributed by atoms with Gasteiger partial charge in [0.25, 0.3) is 0 Å². The summed E-state index contributed by atoms with van der Waals surface area (Å²) in [5.74, 6) is 0.959. The summed E-state index contributed by atoms with van der Waals surface area (Å²) >= 11 is 0. The van der Waals surface area contributed by atoms with Gasteiger partial charge in [-0.05, 0) is 43.5 Å². The number of benzene rings is 1. The third kappa shape index (κ3) is 2.26. The van der Waals surface area contributed by atoms with E-state index in [0.29, 0.717) is 6.04 Å². The minimum atomic E-state index is 0.669. The quantitative estimate of drug-likeness (QED) is 0.789. The zero-order chi connectivity index (χ0) is 9.80. The van der Waals surface area contributed by atoms with E-state index in [4.69, 9.17) is 4.74 Å². The molecule has 1 saturated heterocycles. The van der Waals surface area contributed by atoms with Crippen LogP contribution in [0, 0.1) is 0 Å². The summed E-state index contributed by atoms with van der Waals surface area (Å²) in [6, 6.07) is 9.01. The van der Waals surface area contributed by atoms with Gasteiger partial charge in [-0.25, -0.2) is 0 Å². The van der Waals surface area contributed by atoms with Crippen LogP contribution in [-0.4, -0.2) is 19.7 Å². The predicted octanol–water partition coefficient (Wildman–Crippen LogP) is 1.99. The van der Waals surface area contributed by atoms with Crippen molar-refractivity contribution >= 4 is 0 Å². The first-order chi connectivity index (χ1) is 6.88. The highest BCUT2D eigenvalue weighted by Gasteiger charge is 2.14. The van der Waals surface area contributed by atoms with Gasteiger partial charge >= 0.3 is 0 Å². The van der Waals surface area contributed by atoms with Gasteiger partial charge in [0.1, 0.15) is 5.75 Å². The van der Waals surface area contributed by atoms with Crippen molar-refractivity contribution in [3.63, 3.8) is 0 Å². The van der Waals surface area contributed by atoms with Crippen LogP contribution in [0.3, 0.4) is 0 Å².